The molecule has 96 valence electrons. The van der Waals surface area contributed by atoms with Crippen LogP contribution >= 0.6 is 0 Å². The van der Waals surface area contributed by atoms with Crippen LogP contribution in [0.4, 0.5) is 0 Å². The van der Waals surface area contributed by atoms with Crippen molar-refractivity contribution in [3.05, 3.63) is 0 Å². The predicted octanol–water partition coefficient (Wildman–Crippen LogP) is 2.34. The van der Waals surface area contributed by atoms with E-state index in [1.165, 1.54) is 25.7 Å². The van der Waals surface area contributed by atoms with Gasteiger partial charge in [0, 0.05) is 33.0 Å². The first-order valence-electron chi connectivity index (χ1n) is 6.67. The number of methoxy groups -OCH3 is 1. The summed E-state index contributed by atoms with van der Waals surface area (Å²) < 4.78 is 10.5. The fraction of sp³-hybridized carbons (Fsp3) is 1.00. The van der Waals surface area contributed by atoms with Crippen LogP contribution in [-0.2, 0) is 9.47 Å². The van der Waals surface area contributed by atoms with E-state index in [1.807, 2.05) is 0 Å². The second-order valence-corrected chi connectivity index (χ2v) is 4.81. The fourth-order valence-electron chi connectivity index (χ4n) is 2.45. The lowest BCUT2D eigenvalue weighted by Crippen LogP contribution is -2.28. The average Bonchev–Trinajstić information content (AvgIpc) is 2.81. The molecule has 3 heteroatoms. The Labute approximate surface area is 99.7 Å². The Kier molecular flexibility index (Phi) is 7.81. The van der Waals surface area contributed by atoms with E-state index in [2.05, 4.69) is 0 Å². The second-order valence-electron chi connectivity index (χ2n) is 4.81. The number of rotatable bonds is 9. The summed E-state index contributed by atoms with van der Waals surface area (Å²) in [7, 11) is 1.72. The van der Waals surface area contributed by atoms with E-state index < -0.39 is 0 Å². The van der Waals surface area contributed by atoms with E-state index in [-0.39, 0.29) is 0 Å². The van der Waals surface area contributed by atoms with Gasteiger partial charge in [0.05, 0.1) is 0 Å². The van der Waals surface area contributed by atoms with Gasteiger partial charge in [-0.15, -0.1) is 0 Å². The summed E-state index contributed by atoms with van der Waals surface area (Å²) in [5, 5.41) is 0. The van der Waals surface area contributed by atoms with Crippen LogP contribution in [-0.4, -0.2) is 33.0 Å². The van der Waals surface area contributed by atoms with Crippen LogP contribution in [0.25, 0.3) is 0 Å². The summed E-state index contributed by atoms with van der Waals surface area (Å²) in [6.07, 6.45) is 8.66. The standard InChI is InChI=1S/C13H27NO2/c1-15-9-5-11-16-10-4-8-13(14)12-6-2-3-7-12/h12-13H,2-11,14H2,1H3. The van der Waals surface area contributed by atoms with Gasteiger partial charge in [0.1, 0.15) is 0 Å². The van der Waals surface area contributed by atoms with Crippen LogP contribution in [0.15, 0.2) is 0 Å². The van der Waals surface area contributed by atoms with Gasteiger partial charge in [0.2, 0.25) is 0 Å². The van der Waals surface area contributed by atoms with E-state index in [9.17, 15) is 0 Å². The van der Waals surface area contributed by atoms with Crippen molar-refractivity contribution in [3.8, 4) is 0 Å². The van der Waals surface area contributed by atoms with Gasteiger partial charge < -0.3 is 15.2 Å². The third kappa shape index (κ3) is 5.83. The molecule has 1 saturated carbocycles. The van der Waals surface area contributed by atoms with Crippen molar-refractivity contribution in [2.24, 2.45) is 11.7 Å². The maximum Gasteiger partial charge on any atom is 0.0487 e. The Balaban J connectivity index is 1.86. The lowest BCUT2D eigenvalue weighted by Gasteiger charge is -2.18. The highest BCUT2D eigenvalue weighted by molar-refractivity contribution is 4.77. The van der Waals surface area contributed by atoms with Gasteiger partial charge in [-0.1, -0.05) is 12.8 Å². The smallest absolute Gasteiger partial charge is 0.0487 e. The third-order valence-corrected chi connectivity index (χ3v) is 3.47. The molecule has 3 nitrogen and oxygen atoms in total. The normalized spacial score (nSPS) is 19.1. The molecule has 16 heavy (non-hydrogen) atoms. The van der Waals surface area contributed by atoms with Crippen LogP contribution in [0, 0.1) is 5.92 Å². The van der Waals surface area contributed by atoms with Gasteiger partial charge in [-0.3, -0.25) is 0 Å². The van der Waals surface area contributed by atoms with Crippen molar-refractivity contribution in [1.29, 1.82) is 0 Å². The minimum atomic E-state index is 0.407. The van der Waals surface area contributed by atoms with Crippen molar-refractivity contribution in [1.82, 2.24) is 0 Å². The molecule has 0 aromatic rings. The summed E-state index contributed by atoms with van der Waals surface area (Å²) in [6.45, 7) is 2.46. The molecule has 1 rings (SSSR count). The SMILES string of the molecule is COCCCOCCCC(N)C1CCCC1. The molecule has 0 amide bonds. The Morgan fingerprint density at radius 1 is 1.12 bits per heavy atom. The highest BCUT2D eigenvalue weighted by Gasteiger charge is 2.21. The van der Waals surface area contributed by atoms with Gasteiger partial charge in [-0.25, -0.2) is 0 Å². The van der Waals surface area contributed by atoms with Crippen LogP contribution in [0.5, 0.6) is 0 Å². The zero-order valence-corrected chi connectivity index (χ0v) is 10.6. The van der Waals surface area contributed by atoms with Crippen LogP contribution in [0.2, 0.25) is 0 Å². The molecule has 0 aliphatic heterocycles. The quantitative estimate of drug-likeness (QED) is 0.617. The molecule has 0 bridgehead atoms. The largest absolute Gasteiger partial charge is 0.385 e. The zero-order valence-electron chi connectivity index (χ0n) is 10.6. The first-order valence-corrected chi connectivity index (χ1v) is 6.67. The average molecular weight is 229 g/mol. The molecule has 0 aromatic carbocycles. The molecule has 0 spiro atoms. The first-order chi connectivity index (χ1) is 7.84. The number of nitrogens with two attached hydrogens (primary N) is 1. The molecule has 1 aliphatic carbocycles. The topological polar surface area (TPSA) is 44.5 Å². The highest BCUT2D eigenvalue weighted by atomic mass is 16.5. The molecule has 1 atom stereocenters. The predicted molar refractivity (Wildman–Crippen MR) is 66.5 cm³/mol. The lowest BCUT2D eigenvalue weighted by molar-refractivity contribution is 0.0986. The number of hydrogen-bond acceptors (Lipinski definition) is 3. The van der Waals surface area contributed by atoms with Gasteiger partial charge in [0.25, 0.3) is 0 Å². The van der Waals surface area contributed by atoms with Gasteiger partial charge >= 0.3 is 0 Å². The first kappa shape index (κ1) is 13.9. The minimum Gasteiger partial charge on any atom is -0.385 e. The maximum atomic E-state index is 6.17. The third-order valence-electron chi connectivity index (χ3n) is 3.47. The molecule has 1 unspecified atom stereocenters. The number of hydrogen-bond donors (Lipinski definition) is 1. The van der Waals surface area contributed by atoms with Crippen molar-refractivity contribution in [2.75, 3.05) is 26.9 Å². The highest BCUT2D eigenvalue weighted by Crippen LogP contribution is 2.28. The van der Waals surface area contributed by atoms with Gasteiger partial charge in [-0.05, 0) is 38.0 Å². The maximum absolute atomic E-state index is 6.17. The molecule has 1 fully saturated rings. The Morgan fingerprint density at radius 3 is 2.50 bits per heavy atom. The lowest BCUT2D eigenvalue weighted by atomic mass is 9.95. The van der Waals surface area contributed by atoms with Crippen molar-refractivity contribution in [3.63, 3.8) is 0 Å². The zero-order chi connectivity index (χ0) is 11.6. The summed E-state index contributed by atoms with van der Waals surface area (Å²) >= 11 is 0. The van der Waals surface area contributed by atoms with Gasteiger partial charge in [-0.2, -0.15) is 0 Å². The molecular weight excluding hydrogens is 202 g/mol. The van der Waals surface area contributed by atoms with Crippen molar-refractivity contribution >= 4 is 0 Å². The summed E-state index contributed by atoms with van der Waals surface area (Å²) in [6, 6.07) is 0.407. The Bertz CT molecular complexity index is 158. The van der Waals surface area contributed by atoms with Crippen molar-refractivity contribution in [2.45, 2.75) is 51.0 Å². The van der Waals surface area contributed by atoms with Crippen LogP contribution in [0.1, 0.15) is 44.9 Å². The molecule has 1 aliphatic rings. The monoisotopic (exact) mass is 229 g/mol. The van der Waals surface area contributed by atoms with E-state index in [4.69, 9.17) is 15.2 Å². The molecule has 0 saturated heterocycles. The second kappa shape index (κ2) is 8.97. The summed E-state index contributed by atoms with van der Waals surface area (Å²) in [5.41, 5.74) is 6.17. The number of ether oxygens (including phenoxy) is 2. The minimum absolute atomic E-state index is 0.407. The molecule has 2 N–H and O–H groups in total. The molecule has 0 aromatic heterocycles. The van der Waals surface area contributed by atoms with Crippen LogP contribution in [0.3, 0.4) is 0 Å². The Morgan fingerprint density at radius 2 is 1.81 bits per heavy atom. The van der Waals surface area contributed by atoms with Gasteiger partial charge in [0.15, 0.2) is 0 Å². The van der Waals surface area contributed by atoms with E-state index in [0.29, 0.717) is 6.04 Å². The van der Waals surface area contributed by atoms with E-state index >= 15 is 0 Å². The molecule has 0 heterocycles. The summed E-state index contributed by atoms with van der Waals surface area (Å²) in [5.74, 6) is 0.786. The fourth-order valence-corrected chi connectivity index (χ4v) is 2.45. The van der Waals surface area contributed by atoms with Crippen molar-refractivity contribution < 1.29 is 9.47 Å². The van der Waals surface area contributed by atoms with Crippen LogP contribution < -0.4 is 5.73 Å². The Hall–Kier alpha value is -0.120. The van der Waals surface area contributed by atoms with E-state index in [1.54, 1.807) is 7.11 Å². The summed E-state index contributed by atoms with van der Waals surface area (Å²) in [4.78, 5) is 0. The molecular formula is C13H27NO2. The molecule has 0 radical (unpaired) electrons. The van der Waals surface area contributed by atoms with E-state index in [0.717, 1.165) is 45.0 Å².